The highest BCUT2D eigenvalue weighted by molar-refractivity contribution is 8.26. The Kier molecular flexibility index (Phi) is 3.78. The highest BCUT2D eigenvalue weighted by Crippen LogP contribution is 2.32. The molecule has 6 heteroatoms. The maximum atomic E-state index is 11.9. The number of hydrogen-bond donors (Lipinski definition) is 0. The number of carboxylic acids is 1. The van der Waals surface area contributed by atoms with Gasteiger partial charge in [-0.3, -0.25) is 9.69 Å². The number of thiocarbonyl (C=S) groups is 1. The van der Waals surface area contributed by atoms with Crippen molar-refractivity contribution in [1.82, 2.24) is 4.90 Å². The molecule has 0 aromatic heterocycles. The van der Waals surface area contributed by atoms with Crippen LogP contribution in [0.15, 0.2) is 35.2 Å². The van der Waals surface area contributed by atoms with Crippen LogP contribution in [0, 0.1) is 0 Å². The SMILES string of the molecule is O=C([O-])CN1C(=O)/C(=C/c2ccccc2)SC1=S. The van der Waals surface area contributed by atoms with Crippen LogP contribution in [-0.2, 0) is 9.59 Å². The third kappa shape index (κ3) is 2.77. The first-order valence-corrected chi connectivity index (χ1v) is 6.30. The zero-order chi connectivity index (χ0) is 13.1. The van der Waals surface area contributed by atoms with E-state index in [1.165, 1.54) is 0 Å². The molecule has 1 heterocycles. The number of carbonyl (C=O) groups excluding carboxylic acids is 2. The maximum Gasteiger partial charge on any atom is 0.266 e. The molecular weight excluding hydrogens is 270 g/mol. The molecule has 1 aromatic carbocycles. The van der Waals surface area contributed by atoms with E-state index in [9.17, 15) is 14.7 Å². The first-order valence-electron chi connectivity index (χ1n) is 5.08. The number of benzene rings is 1. The summed E-state index contributed by atoms with van der Waals surface area (Å²) in [5, 5.41) is 10.5. The molecule has 1 aliphatic rings. The third-order valence-electron chi connectivity index (χ3n) is 2.26. The van der Waals surface area contributed by atoms with Crippen LogP contribution in [0.25, 0.3) is 6.08 Å². The number of carbonyl (C=O) groups is 2. The second-order valence-electron chi connectivity index (χ2n) is 3.55. The zero-order valence-electron chi connectivity index (χ0n) is 9.16. The number of carboxylic acid groups (broad SMARTS) is 1. The van der Waals surface area contributed by atoms with Crippen molar-refractivity contribution in [1.29, 1.82) is 0 Å². The minimum Gasteiger partial charge on any atom is -0.548 e. The van der Waals surface area contributed by atoms with E-state index in [1.54, 1.807) is 6.08 Å². The summed E-state index contributed by atoms with van der Waals surface area (Å²) >= 11 is 6.06. The predicted octanol–water partition coefficient (Wildman–Crippen LogP) is 0.638. The summed E-state index contributed by atoms with van der Waals surface area (Å²) in [6.07, 6.45) is 1.69. The van der Waals surface area contributed by atoms with Crippen molar-refractivity contribution >= 4 is 46.3 Å². The topological polar surface area (TPSA) is 60.4 Å². The summed E-state index contributed by atoms with van der Waals surface area (Å²) in [6.45, 7) is -0.503. The molecule has 18 heavy (non-hydrogen) atoms. The van der Waals surface area contributed by atoms with E-state index in [0.29, 0.717) is 4.91 Å². The number of thioether (sulfide) groups is 1. The number of aliphatic carboxylic acids is 1. The lowest BCUT2D eigenvalue weighted by atomic mass is 10.2. The maximum absolute atomic E-state index is 11.9. The van der Waals surface area contributed by atoms with Gasteiger partial charge in [0.15, 0.2) is 0 Å². The Morgan fingerprint density at radius 1 is 1.39 bits per heavy atom. The molecular formula is C12H8NO3S2-. The molecule has 0 unspecified atom stereocenters. The van der Waals surface area contributed by atoms with Gasteiger partial charge in [0, 0.05) is 0 Å². The summed E-state index contributed by atoms with van der Waals surface area (Å²) in [5.41, 5.74) is 0.867. The highest BCUT2D eigenvalue weighted by Gasteiger charge is 2.31. The van der Waals surface area contributed by atoms with Crippen molar-refractivity contribution in [3.8, 4) is 0 Å². The van der Waals surface area contributed by atoms with Gasteiger partial charge in [0.1, 0.15) is 4.32 Å². The highest BCUT2D eigenvalue weighted by atomic mass is 32.2. The van der Waals surface area contributed by atoms with Gasteiger partial charge in [0.25, 0.3) is 5.91 Å². The van der Waals surface area contributed by atoms with Crippen molar-refractivity contribution in [3.63, 3.8) is 0 Å². The molecule has 0 aliphatic carbocycles. The summed E-state index contributed by atoms with van der Waals surface area (Å²) in [6, 6.07) is 9.29. The lowest BCUT2D eigenvalue weighted by molar-refractivity contribution is -0.305. The zero-order valence-corrected chi connectivity index (χ0v) is 10.8. The van der Waals surface area contributed by atoms with Gasteiger partial charge in [0.05, 0.1) is 17.4 Å². The van der Waals surface area contributed by atoms with Gasteiger partial charge in [-0.15, -0.1) is 0 Å². The fourth-order valence-corrected chi connectivity index (χ4v) is 2.72. The number of rotatable bonds is 3. The Bertz CT molecular complexity index is 540. The Balaban J connectivity index is 2.23. The molecule has 1 fully saturated rings. The molecule has 1 aliphatic heterocycles. The van der Waals surface area contributed by atoms with Crippen molar-refractivity contribution in [2.45, 2.75) is 0 Å². The molecule has 1 saturated heterocycles. The van der Waals surface area contributed by atoms with Gasteiger partial charge < -0.3 is 9.90 Å². The fourth-order valence-electron chi connectivity index (χ4n) is 1.47. The Morgan fingerprint density at radius 2 is 2.06 bits per heavy atom. The van der Waals surface area contributed by atoms with E-state index in [4.69, 9.17) is 12.2 Å². The van der Waals surface area contributed by atoms with E-state index in [2.05, 4.69) is 0 Å². The molecule has 4 nitrogen and oxygen atoms in total. The molecule has 0 saturated carbocycles. The van der Waals surface area contributed by atoms with Crippen molar-refractivity contribution in [2.75, 3.05) is 6.54 Å². The summed E-state index contributed by atoms with van der Waals surface area (Å²) < 4.78 is 0.242. The number of amides is 1. The molecule has 1 aromatic rings. The third-order valence-corrected chi connectivity index (χ3v) is 3.64. The molecule has 0 spiro atoms. The van der Waals surface area contributed by atoms with Crippen molar-refractivity contribution in [3.05, 3.63) is 40.8 Å². The number of hydrogen-bond acceptors (Lipinski definition) is 5. The van der Waals surface area contributed by atoms with E-state index in [-0.39, 0.29) is 4.32 Å². The largest absolute Gasteiger partial charge is 0.548 e. The normalized spacial score (nSPS) is 17.6. The molecule has 0 radical (unpaired) electrons. The standard InChI is InChI=1S/C12H9NO3S2/c14-10(15)7-13-11(16)9(18-12(13)17)6-8-4-2-1-3-5-8/h1-6H,7H2,(H,14,15)/p-1/b9-6-. The van der Waals surface area contributed by atoms with E-state index in [1.807, 2.05) is 30.3 Å². The predicted molar refractivity (Wildman–Crippen MR) is 71.3 cm³/mol. The monoisotopic (exact) mass is 278 g/mol. The van der Waals surface area contributed by atoms with Crippen LogP contribution in [0.2, 0.25) is 0 Å². The average molecular weight is 278 g/mol. The van der Waals surface area contributed by atoms with E-state index >= 15 is 0 Å². The quantitative estimate of drug-likeness (QED) is 0.600. The summed E-state index contributed by atoms with van der Waals surface area (Å²) in [7, 11) is 0. The Labute approximate surface area is 113 Å². The first-order chi connectivity index (χ1) is 8.58. The van der Waals surface area contributed by atoms with Gasteiger partial charge in [-0.25, -0.2) is 0 Å². The lowest BCUT2D eigenvalue weighted by Gasteiger charge is -2.14. The molecule has 2 rings (SSSR count). The molecule has 1 amide bonds. The molecule has 0 bridgehead atoms. The Morgan fingerprint density at radius 3 is 2.67 bits per heavy atom. The Hall–Kier alpha value is -1.66. The minimum absolute atomic E-state index is 0.242. The van der Waals surface area contributed by atoms with Gasteiger partial charge in [-0.1, -0.05) is 54.3 Å². The van der Waals surface area contributed by atoms with E-state index < -0.39 is 18.4 Å². The van der Waals surface area contributed by atoms with Crippen LogP contribution in [-0.4, -0.2) is 27.6 Å². The fraction of sp³-hybridized carbons (Fsp3) is 0.0833. The second-order valence-corrected chi connectivity index (χ2v) is 5.23. The van der Waals surface area contributed by atoms with Gasteiger partial charge in [-0.05, 0) is 11.6 Å². The van der Waals surface area contributed by atoms with Crippen LogP contribution in [0.1, 0.15) is 5.56 Å². The molecule has 0 atom stereocenters. The molecule has 0 N–H and O–H groups in total. The molecule has 92 valence electrons. The van der Waals surface area contributed by atoms with Crippen LogP contribution in [0.5, 0.6) is 0 Å². The van der Waals surface area contributed by atoms with Crippen LogP contribution in [0.3, 0.4) is 0 Å². The van der Waals surface area contributed by atoms with Gasteiger partial charge in [0.2, 0.25) is 0 Å². The summed E-state index contributed by atoms with van der Waals surface area (Å²) in [5.74, 6) is -1.72. The van der Waals surface area contributed by atoms with Crippen molar-refractivity contribution in [2.24, 2.45) is 0 Å². The summed E-state index contributed by atoms with van der Waals surface area (Å²) in [4.78, 5) is 23.9. The number of nitrogens with zero attached hydrogens (tertiary/aromatic N) is 1. The van der Waals surface area contributed by atoms with Crippen LogP contribution in [0.4, 0.5) is 0 Å². The van der Waals surface area contributed by atoms with Gasteiger partial charge >= 0.3 is 0 Å². The van der Waals surface area contributed by atoms with Gasteiger partial charge in [-0.2, -0.15) is 0 Å². The lowest BCUT2D eigenvalue weighted by Crippen LogP contribution is -2.40. The van der Waals surface area contributed by atoms with Crippen molar-refractivity contribution < 1.29 is 14.7 Å². The van der Waals surface area contributed by atoms with E-state index in [0.717, 1.165) is 22.2 Å². The average Bonchev–Trinajstić information content (AvgIpc) is 2.58. The van der Waals surface area contributed by atoms with Crippen LogP contribution >= 0.6 is 24.0 Å². The van der Waals surface area contributed by atoms with Crippen LogP contribution < -0.4 is 5.11 Å². The smallest absolute Gasteiger partial charge is 0.266 e. The first kappa shape index (κ1) is 12.8. The minimum atomic E-state index is -1.33. The second kappa shape index (κ2) is 5.32.